The minimum absolute atomic E-state index is 0.281. The molecule has 3 aromatic rings. The molecule has 7 heteroatoms. The topological polar surface area (TPSA) is 96.0 Å². The third kappa shape index (κ3) is 6.49. The Labute approximate surface area is 196 Å². The summed E-state index contributed by atoms with van der Waals surface area (Å²) < 4.78 is 14.9. The molecule has 3 aromatic carbocycles. The number of Topliss-reactive ketones (excluding diaryl/α,β-unsaturated/α-hetero) is 1. The minimum Gasteiger partial charge on any atom is -0.448 e. The van der Waals surface area contributed by atoms with E-state index in [1.807, 2.05) is 36.4 Å². The highest BCUT2D eigenvalue weighted by atomic mass is 16.6. The van der Waals surface area contributed by atoms with Gasteiger partial charge in [-0.2, -0.15) is 0 Å². The summed E-state index contributed by atoms with van der Waals surface area (Å²) in [6.07, 6.45) is 0. The summed E-state index contributed by atoms with van der Waals surface area (Å²) in [4.78, 5) is 45.4. The van der Waals surface area contributed by atoms with Crippen LogP contribution in [0.1, 0.15) is 13.8 Å². The van der Waals surface area contributed by atoms with Crippen LogP contribution in [0.25, 0.3) is 22.3 Å². The highest BCUT2D eigenvalue weighted by Gasteiger charge is 2.13. The maximum Gasteiger partial charge on any atom is 0.374 e. The van der Waals surface area contributed by atoms with E-state index in [-0.39, 0.29) is 5.75 Å². The molecule has 0 bridgehead atoms. The van der Waals surface area contributed by atoms with Gasteiger partial charge in [0.05, 0.1) is 0 Å². The summed E-state index contributed by atoms with van der Waals surface area (Å²) in [6.45, 7) is 5.56. The maximum absolute atomic E-state index is 11.8. The summed E-state index contributed by atoms with van der Waals surface area (Å²) in [7, 11) is 0. The van der Waals surface area contributed by atoms with Crippen LogP contribution in [-0.2, 0) is 23.9 Å². The van der Waals surface area contributed by atoms with E-state index < -0.39 is 30.3 Å². The van der Waals surface area contributed by atoms with Gasteiger partial charge >= 0.3 is 17.9 Å². The van der Waals surface area contributed by atoms with Crippen molar-refractivity contribution in [3.8, 4) is 33.8 Å². The van der Waals surface area contributed by atoms with E-state index in [9.17, 15) is 19.2 Å². The first-order valence-corrected chi connectivity index (χ1v) is 10.3. The van der Waals surface area contributed by atoms with Gasteiger partial charge in [-0.05, 0) is 59.5 Å². The molecule has 0 spiro atoms. The molecule has 172 valence electrons. The van der Waals surface area contributed by atoms with Gasteiger partial charge in [0.1, 0.15) is 11.5 Å². The molecule has 0 aliphatic heterocycles. The number of benzene rings is 3. The molecule has 0 N–H and O–H groups in total. The summed E-state index contributed by atoms with van der Waals surface area (Å²) in [5, 5.41) is 0. The van der Waals surface area contributed by atoms with Crippen molar-refractivity contribution in [2.75, 3.05) is 6.61 Å². The quantitative estimate of drug-likeness (QED) is 0.212. The van der Waals surface area contributed by atoms with Crippen molar-refractivity contribution in [1.29, 1.82) is 0 Å². The van der Waals surface area contributed by atoms with Gasteiger partial charge in [0.15, 0.2) is 6.61 Å². The standard InChI is InChI=1S/C27H22O7/c1-17(2)26(30)34-24-13-9-20(10-14-24)22-6-4-5-21(15-22)19-7-11-23(12-8-19)33-25(29)16-32-27(31)18(3)28/h4-15H,1,16H2,2-3H3. The summed E-state index contributed by atoms with van der Waals surface area (Å²) >= 11 is 0. The number of rotatable bonds is 8. The van der Waals surface area contributed by atoms with Gasteiger partial charge in [-0.25, -0.2) is 14.4 Å². The summed E-state index contributed by atoms with van der Waals surface area (Å²) in [5.74, 6) is -2.42. The van der Waals surface area contributed by atoms with Crippen molar-refractivity contribution >= 4 is 23.7 Å². The van der Waals surface area contributed by atoms with E-state index in [1.165, 1.54) is 0 Å². The SMILES string of the molecule is C=C(C)C(=O)Oc1ccc(-c2cccc(-c3ccc(OC(=O)COC(=O)C(C)=O)cc3)c2)cc1. The molecule has 0 saturated carbocycles. The Hall–Kier alpha value is -4.52. The maximum atomic E-state index is 11.8. The predicted octanol–water partition coefficient (Wildman–Crippen LogP) is 4.54. The number of hydrogen-bond acceptors (Lipinski definition) is 7. The average molecular weight is 458 g/mol. The average Bonchev–Trinajstić information content (AvgIpc) is 2.83. The lowest BCUT2D eigenvalue weighted by Crippen LogP contribution is -2.22. The van der Waals surface area contributed by atoms with E-state index in [0.717, 1.165) is 29.2 Å². The van der Waals surface area contributed by atoms with Gasteiger partial charge in [-0.3, -0.25) is 4.79 Å². The first kappa shape index (κ1) is 24.1. The number of carbonyl (C=O) groups is 4. The van der Waals surface area contributed by atoms with Crippen LogP contribution in [0.4, 0.5) is 0 Å². The number of esters is 3. The molecule has 0 saturated heterocycles. The summed E-state index contributed by atoms with van der Waals surface area (Å²) in [5.41, 5.74) is 4.09. The number of hydrogen-bond donors (Lipinski definition) is 0. The van der Waals surface area contributed by atoms with Gasteiger partial charge in [0.25, 0.3) is 0 Å². The minimum atomic E-state index is -1.09. The first-order chi connectivity index (χ1) is 16.2. The highest BCUT2D eigenvalue weighted by molar-refractivity contribution is 6.32. The Bertz CT molecular complexity index is 1240. The summed E-state index contributed by atoms with van der Waals surface area (Å²) in [6, 6.07) is 21.9. The van der Waals surface area contributed by atoms with Crippen molar-refractivity contribution < 1.29 is 33.4 Å². The van der Waals surface area contributed by atoms with Crippen LogP contribution >= 0.6 is 0 Å². The van der Waals surface area contributed by atoms with Crippen LogP contribution in [0.2, 0.25) is 0 Å². The molecule has 7 nitrogen and oxygen atoms in total. The Morgan fingerprint density at radius 1 is 0.676 bits per heavy atom. The molecule has 0 fully saturated rings. The molecule has 0 amide bonds. The monoisotopic (exact) mass is 458 g/mol. The molecule has 34 heavy (non-hydrogen) atoms. The van der Waals surface area contributed by atoms with Gasteiger partial charge in [-0.1, -0.05) is 49.0 Å². The highest BCUT2D eigenvalue weighted by Crippen LogP contribution is 2.29. The second-order valence-corrected chi connectivity index (χ2v) is 7.41. The smallest absolute Gasteiger partial charge is 0.374 e. The van der Waals surface area contributed by atoms with Gasteiger partial charge in [0.2, 0.25) is 5.78 Å². The van der Waals surface area contributed by atoms with Crippen molar-refractivity contribution in [2.45, 2.75) is 13.8 Å². The van der Waals surface area contributed by atoms with Crippen molar-refractivity contribution in [3.05, 3.63) is 84.9 Å². The van der Waals surface area contributed by atoms with Crippen LogP contribution in [0, 0.1) is 0 Å². The van der Waals surface area contributed by atoms with Crippen LogP contribution < -0.4 is 9.47 Å². The second kappa shape index (κ2) is 10.9. The zero-order valence-corrected chi connectivity index (χ0v) is 18.7. The molecule has 0 unspecified atom stereocenters. The second-order valence-electron chi connectivity index (χ2n) is 7.41. The van der Waals surface area contributed by atoms with Crippen LogP contribution in [0.5, 0.6) is 11.5 Å². The van der Waals surface area contributed by atoms with Gasteiger partial charge in [0, 0.05) is 12.5 Å². The van der Waals surface area contributed by atoms with Crippen LogP contribution in [0.15, 0.2) is 84.9 Å². The number of carbonyl (C=O) groups excluding carboxylic acids is 4. The molecule has 0 aliphatic rings. The van der Waals surface area contributed by atoms with Crippen LogP contribution in [0.3, 0.4) is 0 Å². The van der Waals surface area contributed by atoms with E-state index >= 15 is 0 Å². The third-order valence-corrected chi connectivity index (χ3v) is 4.64. The predicted molar refractivity (Wildman–Crippen MR) is 125 cm³/mol. The fraction of sp³-hybridized carbons (Fsp3) is 0.111. The Morgan fingerprint density at radius 3 is 1.65 bits per heavy atom. The molecule has 0 atom stereocenters. The Kier molecular flexibility index (Phi) is 7.71. The van der Waals surface area contributed by atoms with E-state index in [4.69, 9.17) is 9.47 Å². The third-order valence-electron chi connectivity index (χ3n) is 4.64. The molecular weight excluding hydrogens is 436 g/mol. The Morgan fingerprint density at radius 2 is 1.18 bits per heavy atom. The van der Waals surface area contributed by atoms with Crippen LogP contribution in [-0.4, -0.2) is 30.3 Å². The van der Waals surface area contributed by atoms with E-state index in [2.05, 4.69) is 11.3 Å². The molecule has 0 heterocycles. The van der Waals surface area contributed by atoms with Gasteiger partial charge < -0.3 is 14.2 Å². The lowest BCUT2D eigenvalue weighted by atomic mass is 9.99. The van der Waals surface area contributed by atoms with E-state index in [1.54, 1.807) is 43.3 Å². The zero-order chi connectivity index (χ0) is 24.7. The van der Waals surface area contributed by atoms with Crippen molar-refractivity contribution in [1.82, 2.24) is 0 Å². The number of ketones is 1. The zero-order valence-electron chi connectivity index (χ0n) is 18.7. The molecule has 3 rings (SSSR count). The molecule has 0 aromatic heterocycles. The molecule has 0 aliphatic carbocycles. The van der Waals surface area contributed by atoms with Crippen molar-refractivity contribution in [2.24, 2.45) is 0 Å². The fourth-order valence-corrected chi connectivity index (χ4v) is 2.89. The normalized spacial score (nSPS) is 10.2. The van der Waals surface area contributed by atoms with Gasteiger partial charge in [-0.15, -0.1) is 0 Å². The lowest BCUT2D eigenvalue weighted by molar-refractivity contribution is -0.158. The largest absolute Gasteiger partial charge is 0.448 e. The molecule has 0 radical (unpaired) electrons. The van der Waals surface area contributed by atoms with E-state index in [0.29, 0.717) is 11.3 Å². The Balaban J connectivity index is 1.67. The first-order valence-electron chi connectivity index (χ1n) is 10.3. The fourth-order valence-electron chi connectivity index (χ4n) is 2.89. The lowest BCUT2D eigenvalue weighted by Gasteiger charge is -2.09. The number of ether oxygens (including phenoxy) is 3. The molecular formula is C27H22O7. The van der Waals surface area contributed by atoms with Crippen molar-refractivity contribution in [3.63, 3.8) is 0 Å².